The number of nitrogens with one attached hydrogen (secondary N) is 1. The fraction of sp³-hybridized carbons (Fsp3) is 0.267. The molecule has 3 rings (SSSR count). The second-order valence-electron chi connectivity index (χ2n) is 5.70. The molecule has 12 heteroatoms. The van der Waals surface area contributed by atoms with Gasteiger partial charge in [0.1, 0.15) is 17.6 Å². The molecule has 140 valence electrons. The van der Waals surface area contributed by atoms with Crippen molar-refractivity contribution in [2.24, 2.45) is 5.73 Å². The first kappa shape index (κ1) is 18.2. The first-order valence-electron chi connectivity index (χ1n) is 7.61. The maximum Gasteiger partial charge on any atom is 0.334 e. The number of hydrogen-bond donors (Lipinski definition) is 3. The Balaban J connectivity index is 1.86. The fourth-order valence-corrected chi connectivity index (χ4v) is 2.63. The predicted molar refractivity (Wildman–Crippen MR) is 87.1 cm³/mol. The van der Waals surface area contributed by atoms with Crippen molar-refractivity contribution in [3.63, 3.8) is 0 Å². The maximum atomic E-state index is 12.9. The van der Waals surface area contributed by atoms with E-state index in [0.29, 0.717) is 5.69 Å². The molecule has 0 aliphatic carbocycles. The Kier molecular flexibility index (Phi) is 4.46. The molecule has 3 heterocycles. The van der Waals surface area contributed by atoms with E-state index in [1.807, 2.05) is 0 Å². The van der Waals surface area contributed by atoms with E-state index >= 15 is 0 Å². The molecule has 2 aromatic heterocycles. The molecule has 1 saturated heterocycles. The second kappa shape index (κ2) is 6.61. The number of aromatic nitrogens is 3. The van der Waals surface area contributed by atoms with Gasteiger partial charge in [-0.2, -0.15) is 18.7 Å². The lowest BCUT2D eigenvalue weighted by Crippen LogP contribution is -2.38. The summed E-state index contributed by atoms with van der Waals surface area (Å²) >= 11 is 0. The minimum absolute atomic E-state index is 0.0474. The number of alkyl halides is 2. The third kappa shape index (κ3) is 3.27. The Morgan fingerprint density at radius 3 is 2.74 bits per heavy atom. The van der Waals surface area contributed by atoms with Crippen LogP contribution >= 0.6 is 0 Å². The summed E-state index contributed by atoms with van der Waals surface area (Å²) in [5, 5.41) is 25.1. The lowest BCUT2D eigenvalue weighted by Gasteiger charge is -2.18. The van der Waals surface area contributed by atoms with E-state index in [9.17, 15) is 23.5 Å². The molecule has 1 atom stereocenters. The van der Waals surface area contributed by atoms with Crippen molar-refractivity contribution in [1.29, 1.82) is 5.26 Å². The van der Waals surface area contributed by atoms with Crippen LogP contribution in [0.4, 0.5) is 26.1 Å². The van der Waals surface area contributed by atoms with Gasteiger partial charge in [-0.1, -0.05) is 0 Å². The van der Waals surface area contributed by atoms with Gasteiger partial charge in [0.2, 0.25) is 5.60 Å². The molecule has 27 heavy (non-hydrogen) atoms. The van der Waals surface area contributed by atoms with Crippen molar-refractivity contribution in [3.8, 4) is 6.07 Å². The Bertz CT molecular complexity index is 955. The highest BCUT2D eigenvalue weighted by Crippen LogP contribution is 2.29. The monoisotopic (exact) mass is 377 g/mol. The molecular weight excluding hydrogens is 364 g/mol. The number of halogens is 2. The van der Waals surface area contributed by atoms with Gasteiger partial charge in [-0.05, 0) is 6.07 Å². The number of carbonyl (C=O) groups is 2. The van der Waals surface area contributed by atoms with E-state index in [2.05, 4.69) is 15.4 Å². The van der Waals surface area contributed by atoms with Gasteiger partial charge in [0, 0.05) is 37.0 Å². The van der Waals surface area contributed by atoms with Gasteiger partial charge in [-0.25, -0.2) is 4.98 Å². The molecular formula is C15H13F2N7O3. The third-order valence-corrected chi connectivity index (χ3v) is 3.97. The summed E-state index contributed by atoms with van der Waals surface area (Å²) in [4.78, 5) is 28.6. The van der Waals surface area contributed by atoms with Gasteiger partial charge < -0.3 is 21.1 Å². The van der Waals surface area contributed by atoms with Crippen LogP contribution in [0.1, 0.15) is 23.5 Å². The maximum absolute atomic E-state index is 12.9. The third-order valence-electron chi connectivity index (χ3n) is 3.97. The number of nitrogens with two attached hydrogens (primary N) is 1. The Hall–Kier alpha value is -3.59. The number of rotatable bonds is 5. The summed E-state index contributed by atoms with van der Waals surface area (Å²) in [7, 11) is 0. The summed E-state index contributed by atoms with van der Waals surface area (Å²) in [5.74, 6) is -1.80. The molecule has 0 bridgehead atoms. The number of nitrogens with zero attached hydrogens (tertiary/aromatic N) is 5. The first-order valence-corrected chi connectivity index (χ1v) is 7.61. The summed E-state index contributed by atoms with van der Waals surface area (Å²) in [6, 6.07) is 5.51. The number of primary amides is 1. The topological polar surface area (TPSA) is 150 Å². The first-order chi connectivity index (χ1) is 12.7. The number of amides is 2. The highest BCUT2D eigenvalue weighted by Gasteiger charge is 2.46. The normalized spacial score (nSPS) is 19.4. The standard InChI is InChI=1S/C15H13F2N7O3/c16-14(17)24-9(12(19)25)6-11(22-24)21-10-5-8(1-3-20-10)23-4-2-15(27,7-18)13(23)26/h1,3,5-6,14,27H,2,4H2,(H2,19,25)(H,20,21,22)/t15-/m0/s1. The van der Waals surface area contributed by atoms with E-state index in [4.69, 9.17) is 11.0 Å². The summed E-state index contributed by atoms with van der Waals surface area (Å²) < 4.78 is 26.0. The van der Waals surface area contributed by atoms with Crippen molar-refractivity contribution in [2.75, 3.05) is 16.8 Å². The average Bonchev–Trinajstić information content (AvgIpc) is 3.18. The molecule has 2 aromatic rings. The number of anilines is 3. The molecule has 1 fully saturated rings. The van der Waals surface area contributed by atoms with Gasteiger partial charge >= 0.3 is 6.55 Å². The van der Waals surface area contributed by atoms with Crippen molar-refractivity contribution in [1.82, 2.24) is 14.8 Å². The van der Waals surface area contributed by atoms with Crippen molar-refractivity contribution in [2.45, 2.75) is 18.6 Å². The van der Waals surface area contributed by atoms with Crippen LogP contribution in [-0.2, 0) is 4.79 Å². The molecule has 1 aliphatic heterocycles. The number of aliphatic hydroxyl groups is 1. The highest BCUT2D eigenvalue weighted by molar-refractivity contribution is 6.03. The Labute approximate surface area is 150 Å². The van der Waals surface area contributed by atoms with Crippen molar-refractivity contribution >= 4 is 29.1 Å². The lowest BCUT2D eigenvalue weighted by atomic mass is 10.1. The summed E-state index contributed by atoms with van der Waals surface area (Å²) in [6.07, 6.45) is 1.29. The van der Waals surface area contributed by atoms with E-state index < -0.39 is 29.7 Å². The molecule has 2 amide bonds. The zero-order chi connectivity index (χ0) is 19.8. The fourth-order valence-electron chi connectivity index (χ4n) is 2.63. The quantitative estimate of drug-likeness (QED) is 0.642. The highest BCUT2D eigenvalue weighted by atomic mass is 19.3. The van der Waals surface area contributed by atoms with Crippen LogP contribution in [0.3, 0.4) is 0 Å². The van der Waals surface area contributed by atoms with Gasteiger partial charge in [0.15, 0.2) is 5.82 Å². The van der Waals surface area contributed by atoms with Gasteiger partial charge in [-0.15, -0.1) is 5.10 Å². The number of hydrogen-bond acceptors (Lipinski definition) is 7. The number of carbonyl (C=O) groups excluding carboxylic acids is 2. The molecule has 4 N–H and O–H groups in total. The SMILES string of the molecule is N#C[C@@]1(O)CCN(c2ccnc(Nc3cc(C(N)=O)n(C(F)F)n3)c2)C1=O. The minimum atomic E-state index is -3.06. The van der Waals surface area contributed by atoms with Crippen LogP contribution < -0.4 is 16.0 Å². The van der Waals surface area contributed by atoms with Crippen LogP contribution in [0.2, 0.25) is 0 Å². The number of nitriles is 1. The Morgan fingerprint density at radius 1 is 1.44 bits per heavy atom. The van der Waals surface area contributed by atoms with E-state index in [-0.39, 0.29) is 29.3 Å². The molecule has 0 radical (unpaired) electrons. The average molecular weight is 377 g/mol. The van der Waals surface area contributed by atoms with Gasteiger partial charge in [0.25, 0.3) is 11.8 Å². The molecule has 0 aromatic carbocycles. The predicted octanol–water partition coefficient (Wildman–Crippen LogP) is 0.507. The van der Waals surface area contributed by atoms with Crippen molar-refractivity contribution < 1.29 is 23.5 Å². The smallest absolute Gasteiger partial charge is 0.334 e. The zero-order valence-electron chi connectivity index (χ0n) is 13.6. The Morgan fingerprint density at radius 2 is 2.19 bits per heavy atom. The van der Waals surface area contributed by atoms with Crippen LogP contribution in [0.15, 0.2) is 24.4 Å². The molecule has 1 aliphatic rings. The lowest BCUT2D eigenvalue weighted by molar-refractivity contribution is -0.128. The van der Waals surface area contributed by atoms with E-state index in [1.165, 1.54) is 23.2 Å². The molecule has 0 unspecified atom stereocenters. The van der Waals surface area contributed by atoms with E-state index in [0.717, 1.165) is 6.07 Å². The largest absolute Gasteiger partial charge is 0.368 e. The van der Waals surface area contributed by atoms with Crippen LogP contribution in [0.25, 0.3) is 0 Å². The number of pyridine rings is 1. The van der Waals surface area contributed by atoms with Crippen LogP contribution in [0, 0.1) is 11.3 Å². The summed E-state index contributed by atoms with van der Waals surface area (Å²) in [6.45, 7) is -2.94. The van der Waals surface area contributed by atoms with Gasteiger partial charge in [-0.3, -0.25) is 9.59 Å². The van der Waals surface area contributed by atoms with E-state index in [1.54, 1.807) is 6.07 Å². The van der Waals surface area contributed by atoms with Crippen LogP contribution in [-0.4, -0.2) is 43.8 Å². The van der Waals surface area contributed by atoms with Crippen molar-refractivity contribution in [3.05, 3.63) is 30.1 Å². The zero-order valence-corrected chi connectivity index (χ0v) is 13.6. The second-order valence-corrected chi connectivity index (χ2v) is 5.70. The summed E-state index contributed by atoms with van der Waals surface area (Å²) in [5.41, 5.74) is 2.82. The minimum Gasteiger partial charge on any atom is -0.368 e. The molecule has 10 nitrogen and oxygen atoms in total. The molecule has 0 saturated carbocycles. The van der Waals surface area contributed by atoms with Crippen LogP contribution in [0.5, 0.6) is 0 Å². The molecule has 0 spiro atoms. The van der Waals surface area contributed by atoms with Gasteiger partial charge in [0.05, 0.1) is 0 Å².